The van der Waals surface area contributed by atoms with Crippen LogP contribution in [0.3, 0.4) is 0 Å². The number of benzene rings is 2. The fourth-order valence-corrected chi connectivity index (χ4v) is 2.49. The summed E-state index contributed by atoms with van der Waals surface area (Å²) in [6.07, 6.45) is 1.08. The Morgan fingerprint density at radius 1 is 0.947 bits per heavy atom. The standard InChI is InChI=1S/C17H20ClN/c1-3-14-6-4-5-7-16(14)12-19-11-15-8-9-17(18)10-13(15)2/h4-10,19H,3,11-12H2,1-2H3. The zero-order valence-corrected chi connectivity index (χ0v) is 12.3. The normalized spacial score (nSPS) is 10.7. The van der Waals surface area contributed by atoms with Crippen LogP contribution < -0.4 is 5.32 Å². The van der Waals surface area contributed by atoms with Crippen LogP contribution in [0.15, 0.2) is 42.5 Å². The molecule has 0 aliphatic rings. The molecule has 0 unspecified atom stereocenters. The van der Waals surface area contributed by atoms with Gasteiger partial charge >= 0.3 is 0 Å². The molecule has 0 atom stereocenters. The first-order valence-electron chi connectivity index (χ1n) is 6.73. The number of rotatable bonds is 5. The molecule has 0 aliphatic heterocycles. The second kappa shape index (κ2) is 6.74. The Bertz CT molecular complexity index is 549. The summed E-state index contributed by atoms with van der Waals surface area (Å²) in [4.78, 5) is 0. The molecule has 0 amide bonds. The highest BCUT2D eigenvalue weighted by molar-refractivity contribution is 6.30. The summed E-state index contributed by atoms with van der Waals surface area (Å²) >= 11 is 5.97. The number of hydrogen-bond acceptors (Lipinski definition) is 1. The van der Waals surface area contributed by atoms with Crippen molar-refractivity contribution >= 4 is 11.6 Å². The van der Waals surface area contributed by atoms with Crippen molar-refractivity contribution in [2.24, 2.45) is 0 Å². The van der Waals surface area contributed by atoms with Gasteiger partial charge in [0.2, 0.25) is 0 Å². The fraction of sp³-hybridized carbons (Fsp3) is 0.294. The van der Waals surface area contributed by atoms with Crippen LogP contribution in [0.2, 0.25) is 5.02 Å². The number of halogens is 1. The van der Waals surface area contributed by atoms with Crippen LogP contribution in [-0.2, 0) is 19.5 Å². The number of aryl methyl sites for hydroxylation is 2. The third kappa shape index (κ3) is 3.82. The van der Waals surface area contributed by atoms with Gasteiger partial charge < -0.3 is 5.32 Å². The lowest BCUT2D eigenvalue weighted by atomic mass is 10.0. The summed E-state index contributed by atoms with van der Waals surface area (Å²) in [5.74, 6) is 0. The van der Waals surface area contributed by atoms with Gasteiger partial charge in [-0.05, 0) is 47.7 Å². The van der Waals surface area contributed by atoms with E-state index in [1.54, 1.807) is 0 Å². The molecule has 0 fully saturated rings. The van der Waals surface area contributed by atoms with E-state index in [1.807, 2.05) is 12.1 Å². The molecule has 2 rings (SSSR count). The first-order chi connectivity index (χ1) is 9.20. The first-order valence-corrected chi connectivity index (χ1v) is 7.11. The Labute approximate surface area is 120 Å². The summed E-state index contributed by atoms with van der Waals surface area (Å²) < 4.78 is 0. The van der Waals surface area contributed by atoms with Crippen molar-refractivity contribution in [3.8, 4) is 0 Å². The van der Waals surface area contributed by atoms with Crippen molar-refractivity contribution in [1.29, 1.82) is 0 Å². The second-order valence-corrected chi connectivity index (χ2v) is 5.23. The van der Waals surface area contributed by atoms with Crippen molar-refractivity contribution in [3.63, 3.8) is 0 Å². The van der Waals surface area contributed by atoms with Crippen molar-refractivity contribution in [2.45, 2.75) is 33.4 Å². The Morgan fingerprint density at radius 3 is 2.32 bits per heavy atom. The van der Waals surface area contributed by atoms with Crippen molar-refractivity contribution in [3.05, 3.63) is 69.7 Å². The van der Waals surface area contributed by atoms with E-state index < -0.39 is 0 Å². The summed E-state index contributed by atoms with van der Waals surface area (Å²) in [5.41, 5.74) is 5.35. The predicted molar refractivity (Wildman–Crippen MR) is 82.6 cm³/mol. The Morgan fingerprint density at radius 2 is 1.63 bits per heavy atom. The molecule has 0 saturated heterocycles. The molecular formula is C17H20ClN. The van der Waals surface area contributed by atoms with E-state index in [-0.39, 0.29) is 0 Å². The van der Waals surface area contributed by atoms with Gasteiger partial charge in [-0.2, -0.15) is 0 Å². The van der Waals surface area contributed by atoms with Gasteiger partial charge in [-0.25, -0.2) is 0 Å². The van der Waals surface area contributed by atoms with E-state index in [1.165, 1.54) is 22.3 Å². The summed E-state index contributed by atoms with van der Waals surface area (Å²) in [5, 5.41) is 4.31. The lowest BCUT2D eigenvalue weighted by Gasteiger charge is -2.11. The Balaban J connectivity index is 1.96. The Kier molecular flexibility index (Phi) is 5.00. The molecule has 0 spiro atoms. The van der Waals surface area contributed by atoms with Crippen molar-refractivity contribution in [1.82, 2.24) is 5.32 Å². The molecule has 2 aromatic carbocycles. The summed E-state index contributed by atoms with van der Waals surface area (Å²) in [6.45, 7) is 6.08. The van der Waals surface area contributed by atoms with Gasteiger partial charge in [-0.15, -0.1) is 0 Å². The SMILES string of the molecule is CCc1ccccc1CNCc1ccc(Cl)cc1C. The predicted octanol–water partition coefficient (Wildman–Crippen LogP) is 4.50. The molecule has 0 aliphatic carbocycles. The van der Waals surface area contributed by atoms with E-state index in [9.17, 15) is 0 Å². The molecule has 1 nitrogen and oxygen atoms in total. The van der Waals surface area contributed by atoms with Crippen LogP contribution >= 0.6 is 11.6 Å². The minimum absolute atomic E-state index is 0.803. The monoisotopic (exact) mass is 273 g/mol. The topological polar surface area (TPSA) is 12.0 Å². The van der Waals surface area contributed by atoms with Crippen LogP contribution in [0.4, 0.5) is 0 Å². The van der Waals surface area contributed by atoms with Crippen molar-refractivity contribution in [2.75, 3.05) is 0 Å². The fourth-order valence-electron chi connectivity index (χ4n) is 2.26. The largest absolute Gasteiger partial charge is 0.309 e. The van der Waals surface area contributed by atoms with Gasteiger partial charge in [0, 0.05) is 18.1 Å². The molecule has 2 heteroatoms. The third-order valence-corrected chi connectivity index (χ3v) is 3.67. The highest BCUT2D eigenvalue weighted by Gasteiger charge is 2.01. The number of nitrogens with one attached hydrogen (secondary N) is 1. The second-order valence-electron chi connectivity index (χ2n) is 4.80. The zero-order chi connectivity index (χ0) is 13.7. The van der Waals surface area contributed by atoms with Gasteiger partial charge in [0.05, 0.1) is 0 Å². The van der Waals surface area contributed by atoms with Crippen LogP contribution in [0.25, 0.3) is 0 Å². The van der Waals surface area contributed by atoms with Crippen LogP contribution in [0, 0.1) is 6.92 Å². The van der Waals surface area contributed by atoms with Crippen molar-refractivity contribution < 1.29 is 0 Å². The van der Waals surface area contributed by atoms with E-state index >= 15 is 0 Å². The maximum atomic E-state index is 5.97. The van der Waals surface area contributed by atoms with Gasteiger partial charge in [0.15, 0.2) is 0 Å². The van der Waals surface area contributed by atoms with Gasteiger partial charge in [0.25, 0.3) is 0 Å². The molecule has 1 N–H and O–H groups in total. The molecule has 2 aromatic rings. The first kappa shape index (κ1) is 14.1. The molecule has 19 heavy (non-hydrogen) atoms. The smallest absolute Gasteiger partial charge is 0.0408 e. The minimum Gasteiger partial charge on any atom is -0.309 e. The maximum Gasteiger partial charge on any atom is 0.0408 e. The average Bonchev–Trinajstić information content (AvgIpc) is 2.42. The summed E-state index contributed by atoms with van der Waals surface area (Å²) in [7, 11) is 0. The summed E-state index contributed by atoms with van der Waals surface area (Å²) in [6, 6.07) is 14.7. The molecule has 0 radical (unpaired) electrons. The lowest BCUT2D eigenvalue weighted by Crippen LogP contribution is -2.14. The highest BCUT2D eigenvalue weighted by Crippen LogP contribution is 2.15. The van der Waals surface area contributed by atoms with Crippen LogP contribution in [0.5, 0.6) is 0 Å². The van der Waals surface area contributed by atoms with E-state index in [0.29, 0.717) is 0 Å². The molecule has 0 bridgehead atoms. The lowest BCUT2D eigenvalue weighted by molar-refractivity contribution is 0.686. The minimum atomic E-state index is 0.803. The molecular weight excluding hydrogens is 254 g/mol. The molecule has 0 aromatic heterocycles. The van der Waals surface area contributed by atoms with Crippen LogP contribution in [-0.4, -0.2) is 0 Å². The van der Waals surface area contributed by atoms with Gasteiger partial charge in [-0.3, -0.25) is 0 Å². The average molecular weight is 274 g/mol. The van der Waals surface area contributed by atoms with E-state index in [4.69, 9.17) is 11.6 Å². The maximum absolute atomic E-state index is 5.97. The quantitative estimate of drug-likeness (QED) is 0.846. The molecule has 0 saturated carbocycles. The van der Waals surface area contributed by atoms with Gasteiger partial charge in [0.1, 0.15) is 0 Å². The number of hydrogen-bond donors (Lipinski definition) is 1. The Hall–Kier alpha value is -1.31. The van der Waals surface area contributed by atoms with E-state index in [2.05, 4.69) is 49.5 Å². The molecule has 100 valence electrons. The zero-order valence-electron chi connectivity index (χ0n) is 11.5. The van der Waals surface area contributed by atoms with Crippen LogP contribution in [0.1, 0.15) is 29.2 Å². The van der Waals surface area contributed by atoms with E-state index in [0.717, 1.165) is 24.5 Å². The highest BCUT2D eigenvalue weighted by atomic mass is 35.5. The molecule has 0 heterocycles. The van der Waals surface area contributed by atoms with Gasteiger partial charge in [-0.1, -0.05) is 48.9 Å². The third-order valence-electron chi connectivity index (χ3n) is 3.43.